The lowest BCUT2D eigenvalue weighted by Crippen LogP contribution is -2.38. The standard InChI is InChI=1S/C13H22ClN3OS2.HI/c1-3-15-13(16-7-4-8-19-2)17-9-10(18)11-5-6-12(14)20-11;/h5-6,10,18H,3-4,7-9H2,1-2H3,(H2,15,16,17);1H. The molecular weight excluding hydrogens is 441 g/mol. The van der Waals surface area contributed by atoms with E-state index in [1.165, 1.54) is 11.3 Å². The highest BCUT2D eigenvalue weighted by Crippen LogP contribution is 2.26. The van der Waals surface area contributed by atoms with Crippen LogP contribution in [-0.2, 0) is 0 Å². The van der Waals surface area contributed by atoms with Gasteiger partial charge in [-0.25, -0.2) is 0 Å². The Kier molecular flexibility index (Phi) is 13.0. The molecule has 4 nitrogen and oxygen atoms in total. The first-order valence-corrected chi connectivity index (χ1v) is 9.20. The van der Waals surface area contributed by atoms with Crippen LogP contribution in [0, 0.1) is 0 Å². The molecular formula is C13H23ClIN3OS2. The molecule has 0 saturated carbocycles. The van der Waals surface area contributed by atoms with Crippen molar-refractivity contribution < 1.29 is 5.11 Å². The van der Waals surface area contributed by atoms with E-state index >= 15 is 0 Å². The van der Waals surface area contributed by atoms with Crippen molar-refractivity contribution in [2.24, 2.45) is 4.99 Å². The fourth-order valence-corrected chi connectivity index (χ4v) is 3.01. The summed E-state index contributed by atoms with van der Waals surface area (Å²) in [5, 5.41) is 16.5. The van der Waals surface area contributed by atoms with E-state index in [1.54, 1.807) is 6.07 Å². The SMILES string of the molecule is CCNC(=NCC(O)c1ccc(Cl)s1)NCCCSC.I. The van der Waals surface area contributed by atoms with Crippen molar-refractivity contribution in [3.05, 3.63) is 21.3 Å². The van der Waals surface area contributed by atoms with Gasteiger partial charge in [-0.2, -0.15) is 11.8 Å². The average Bonchev–Trinajstić information content (AvgIpc) is 2.87. The maximum atomic E-state index is 10.0. The third-order valence-corrected chi connectivity index (χ3v) is 4.54. The molecule has 0 fully saturated rings. The van der Waals surface area contributed by atoms with Gasteiger partial charge in [-0.15, -0.1) is 35.3 Å². The lowest BCUT2D eigenvalue weighted by molar-refractivity contribution is 0.191. The zero-order valence-electron chi connectivity index (χ0n) is 12.3. The molecule has 122 valence electrons. The van der Waals surface area contributed by atoms with Crippen LogP contribution in [0.4, 0.5) is 0 Å². The molecule has 1 rings (SSSR count). The number of guanidine groups is 1. The zero-order valence-corrected chi connectivity index (χ0v) is 17.0. The van der Waals surface area contributed by atoms with Crippen LogP contribution in [0.1, 0.15) is 24.3 Å². The van der Waals surface area contributed by atoms with E-state index in [0.717, 1.165) is 36.1 Å². The molecule has 0 bridgehead atoms. The van der Waals surface area contributed by atoms with Gasteiger partial charge in [0.1, 0.15) is 6.10 Å². The number of nitrogens with zero attached hydrogens (tertiary/aromatic N) is 1. The molecule has 1 atom stereocenters. The summed E-state index contributed by atoms with van der Waals surface area (Å²) < 4.78 is 0.685. The summed E-state index contributed by atoms with van der Waals surface area (Å²) in [6.45, 7) is 4.03. The Morgan fingerprint density at radius 3 is 2.81 bits per heavy atom. The maximum absolute atomic E-state index is 10.0. The number of nitrogens with one attached hydrogen (secondary N) is 2. The van der Waals surface area contributed by atoms with Gasteiger partial charge < -0.3 is 15.7 Å². The van der Waals surface area contributed by atoms with Crippen molar-refractivity contribution in [3.63, 3.8) is 0 Å². The Morgan fingerprint density at radius 1 is 1.48 bits per heavy atom. The minimum Gasteiger partial charge on any atom is -0.386 e. The van der Waals surface area contributed by atoms with Crippen LogP contribution in [0.2, 0.25) is 4.34 Å². The third kappa shape index (κ3) is 9.12. The Balaban J connectivity index is 0.00000400. The van der Waals surface area contributed by atoms with Crippen LogP contribution in [0.15, 0.2) is 17.1 Å². The number of hydrogen-bond acceptors (Lipinski definition) is 4. The van der Waals surface area contributed by atoms with E-state index in [-0.39, 0.29) is 24.0 Å². The van der Waals surface area contributed by atoms with Crippen molar-refractivity contribution >= 4 is 64.6 Å². The third-order valence-electron chi connectivity index (χ3n) is 2.51. The predicted octanol–water partition coefficient (Wildman–Crippen LogP) is 3.36. The molecule has 3 N–H and O–H groups in total. The zero-order chi connectivity index (χ0) is 14.8. The van der Waals surface area contributed by atoms with Crippen LogP contribution < -0.4 is 10.6 Å². The van der Waals surface area contributed by atoms with Gasteiger partial charge in [-0.1, -0.05) is 11.6 Å². The van der Waals surface area contributed by atoms with Crippen molar-refractivity contribution in [2.75, 3.05) is 31.6 Å². The highest BCUT2D eigenvalue weighted by atomic mass is 127. The number of hydrogen-bond donors (Lipinski definition) is 3. The van der Waals surface area contributed by atoms with Gasteiger partial charge in [0, 0.05) is 18.0 Å². The lowest BCUT2D eigenvalue weighted by atomic mass is 10.3. The number of thioether (sulfide) groups is 1. The quantitative estimate of drug-likeness (QED) is 0.239. The number of aliphatic hydroxyl groups is 1. The van der Waals surface area contributed by atoms with Gasteiger partial charge in [-0.3, -0.25) is 4.99 Å². The fraction of sp³-hybridized carbons (Fsp3) is 0.615. The molecule has 1 heterocycles. The van der Waals surface area contributed by atoms with Gasteiger partial charge in [0.2, 0.25) is 0 Å². The van der Waals surface area contributed by atoms with Crippen molar-refractivity contribution in [1.82, 2.24) is 10.6 Å². The first kappa shape index (κ1) is 21.3. The van der Waals surface area contributed by atoms with Crippen LogP contribution in [-0.4, -0.2) is 42.7 Å². The van der Waals surface area contributed by atoms with Gasteiger partial charge in [0.25, 0.3) is 0 Å². The Morgan fingerprint density at radius 2 is 2.24 bits per heavy atom. The van der Waals surface area contributed by atoms with E-state index in [4.69, 9.17) is 11.6 Å². The minimum absolute atomic E-state index is 0. The van der Waals surface area contributed by atoms with Crippen molar-refractivity contribution in [3.8, 4) is 0 Å². The number of aliphatic imine (C=N–C) groups is 1. The summed E-state index contributed by atoms with van der Waals surface area (Å²) in [4.78, 5) is 5.24. The van der Waals surface area contributed by atoms with E-state index in [0.29, 0.717) is 10.9 Å². The first-order valence-electron chi connectivity index (χ1n) is 6.61. The summed E-state index contributed by atoms with van der Waals surface area (Å²) in [5.41, 5.74) is 0. The summed E-state index contributed by atoms with van der Waals surface area (Å²) in [6.07, 6.45) is 2.59. The number of thiophene rings is 1. The molecule has 21 heavy (non-hydrogen) atoms. The normalized spacial score (nSPS) is 12.7. The van der Waals surface area contributed by atoms with E-state index < -0.39 is 6.10 Å². The molecule has 8 heteroatoms. The average molecular weight is 464 g/mol. The molecule has 0 aliphatic heterocycles. The molecule has 0 spiro atoms. The largest absolute Gasteiger partial charge is 0.386 e. The van der Waals surface area contributed by atoms with E-state index in [2.05, 4.69) is 21.9 Å². The van der Waals surface area contributed by atoms with Crippen molar-refractivity contribution in [2.45, 2.75) is 19.4 Å². The number of halogens is 2. The van der Waals surface area contributed by atoms with Crippen LogP contribution >= 0.6 is 58.7 Å². The molecule has 0 amide bonds. The predicted molar refractivity (Wildman–Crippen MR) is 107 cm³/mol. The molecule has 0 aliphatic rings. The first-order chi connectivity index (χ1) is 9.67. The summed E-state index contributed by atoms with van der Waals surface area (Å²) in [7, 11) is 0. The summed E-state index contributed by atoms with van der Waals surface area (Å²) in [5.74, 6) is 1.87. The smallest absolute Gasteiger partial charge is 0.191 e. The maximum Gasteiger partial charge on any atom is 0.191 e. The Bertz CT molecular complexity index is 418. The Hall–Kier alpha value is 0.300. The second-order valence-corrected chi connectivity index (χ2v) is 6.88. The monoisotopic (exact) mass is 463 g/mol. The topological polar surface area (TPSA) is 56.7 Å². The van der Waals surface area contributed by atoms with E-state index in [1.807, 2.05) is 24.8 Å². The molecule has 0 aromatic carbocycles. The molecule has 1 unspecified atom stereocenters. The number of rotatable bonds is 8. The van der Waals surface area contributed by atoms with E-state index in [9.17, 15) is 5.11 Å². The van der Waals surface area contributed by atoms with Crippen LogP contribution in [0.3, 0.4) is 0 Å². The Labute approximate surface area is 157 Å². The van der Waals surface area contributed by atoms with Gasteiger partial charge in [0.15, 0.2) is 5.96 Å². The second kappa shape index (κ2) is 12.8. The second-order valence-electron chi connectivity index (χ2n) is 4.15. The van der Waals surface area contributed by atoms with Gasteiger partial charge in [-0.05, 0) is 37.5 Å². The van der Waals surface area contributed by atoms with Gasteiger partial charge in [0.05, 0.1) is 10.9 Å². The molecule has 0 aliphatic carbocycles. The van der Waals surface area contributed by atoms with Crippen molar-refractivity contribution in [1.29, 1.82) is 0 Å². The highest BCUT2D eigenvalue weighted by Gasteiger charge is 2.10. The highest BCUT2D eigenvalue weighted by molar-refractivity contribution is 14.0. The molecule has 1 aromatic heterocycles. The summed E-state index contributed by atoms with van der Waals surface area (Å²) >= 11 is 9.08. The minimum atomic E-state index is -0.603. The van der Waals surface area contributed by atoms with Crippen LogP contribution in [0.5, 0.6) is 0 Å². The molecule has 0 radical (unpaired) electrons. The van der Waals surface area contributed by atoms with Crippen LogP contribution in [0.25, 0.3) is 0 Å². The summed E-state index contributed by atoms with van der Waals surface area (Å²) in [6, 6.07) is 3.63. The molecule has 0 saturated heterocycles. The lowest BCUT2D eigenvalue weighted by Gasteiger charge is -2.12. The molecule has 1 aromatic rings. The number of aliphatic hydroxyl groups excluding tert-OH is 1. The fourth-order valence-electron chi connectivity index (χ4n) is 1.54. The van der Waals surface area contributed by atoms with Gasteiger partial charge >= 0.3 is 0 Å².